The van der Waals surface area contributed by atoms with Crippen molar-refractivity contribution in [3.8, 4) is 10.6 Å². The smallest absolute Gasteiger partial charge is 0.227 e. The predicted octanol–water partition coefficient (Wildman–Crippen LogP) is 4.06. The summed E-state index contributed by atoms with van der Waals surface area (Å²) < 4.78 is 13.0. The Morgan fingerprint density at radius 3 is 2.61 bits per heavy atom. The summed E-state index contributed by atoms with van der Waals surface area (Å²) in [6.45, 7) is 5.90. The summed E-state index contributed by atoms with van der Waals surface area (Å²) >= 11 is 1.53. The maximum atomic E-state index is 13.0. The van der Waals surface area contributed by atoms with E-state index in [2.05, 4.69) is 11.9 Å². The Morgan fingerprint density at radius 1 is 1.30 bits per heavy atom. The number of aromatic nitrogens is 1. The predicted molar refractivity (Wildman–Crippen MR) is 90.9 cm³/mol. The van der Waals surface area contributed by atoms with Gasteiger partial charge in [0.2, 0.25) is 5.91 Å². The van der Waals surface area contributed by atoms with Crippen LogP contribution in [-0.2, 0) is 11.2 Å². The van der Waals surface area contributed by atoms with Crippen molar-refractivity contribution in [1.82, 2.24) is 9.88 Å². The minimum atomic E-state index is -0.253. The highest BCUT2D eigenvalue weighted by molar-refractivity contribution is 7.15. The van der Waals surface area contributed by atoms with Crippen LogP contribution in [0.25, 0.3) is 10.6 Å². The molecular formula is C18H21FN2OS. The molecular weight excluding hydrogens is 311 g/mol. The molecule has 122 valence electrons. The van der Waals surface area contributed by atoms with E-state index in [1.54, 1.807) is 12.1 Å². The molecule has 0 unspecified atom stereocenters. The zero-order valence-electron chi connectivity index (χ0n) is 13.5. The zero-order valence-corrected chi connectivity index (χ0v) is 14.3. The summed E-state index contributed by atoms with van der Waals surface area (Å²) in [7, 11) is 0. The summed E-state index contributed by atoms with van der Waals surface area (Å²) in [6.07, 6.45) is 2.60. The number of benzene rings is 1. The largest absolute Gasteiger partial charge is 0.342 e. The van der Waals surface area contributed by atoms with Gasteiger partial charge in [-0.05, 0) is 49.9 Å². The molecule has 1 amide bonds. The number of amides is 1. The van der Waals surface area contributed by atoms with E-state index in [0.29, 0.717) is 12.3 Å². The molecule has 1 aromatic carbocycles. The van der Waals surface area contributed by atoms with E-state index in [1.165, 1.54) is 23.5 Å². The minimum Gasteiger partial charge on any atom is -0.342 e. The van der Waals surface area contributed by atoms with Gasteiger partial charge in [0.25, 0.3) is 0 Å². The minimum absolute atomic E-state index is 0.189. The van der Waals surface area contributed by atoms with Crippen LogP contribution in [-0.4, -0.2) is 28.9 Å². The van der Waals surface area contributed by atoms with E-state index >= 15 is 0 Å². The second-order valence-corrected chi connectivity index (χ2v) is 7.36. The third kappa shape index (κ3) is 3.78. The first-order valence-corrected chi connectivity index (χ1v) is 8.84. The maximum absolute atomic E-state index is 13.0. The van der Waals surface area contributed by atoms with Crippen molar-refractivity contribution in [2.24, 2.45) is 5.92 Å². The molecule has 0 atom stereocenters. The number of thiazole rings is 1. The molecule has 0 aliphatic carbocycles. The normalized spacial score (nSPS) is 15.9. The van der Waals surface area contributed by atoms with Crippen LogP contribution in [0.15, 0.2) is 24.3 Å². The Kier molecular flexibility index (Phi) is 4.76. The first kappa shape index (κ1) is 16.1. The van der Waals surface area contributed by atoms with E-state index in [1.807, 2.05) is 11.8 Å². The van der Waals surface area contributed by atoms with Crippen LogP contribution in [0.1, 0.15) is 30.3 Å². The first-order chi connectivity index (χ1) is 11.0. The topological polar surface area (TPSA) is 33.2 Å². The molecule has 1 aliphatic rings. The summed E-state index contributed by atoms with van der Waals surface area (Å²) in [5.41, 5.74) is 1.79. The van der Waals surface area contributed by atoms with Crippen molar-refractivity contribution in [2.45, 2.75) is 33.1 Å². The molecule has 1 saturated heterocycles. The van der Waals surface area contributed by atoms with Crippen molar-refractivity contribution < 1.29 is 9.18 Å². The fourth-order valence-corrected chi connectivity index (χ4v) is 3.87. The fourth-order valence-electron chi connectivity index (χ4n) is 2.82. The number of hydrogen-bond donors (Lipinski definition) is 0. The van der Waals surface area contributed by atoms with Crippen LogP contribution in [0.5, 0.6) is 0 Å². The second-order valence-electron chi connectivity index (χ2n) is 6.27. The average molecular weight is 332 g/mol. The molecule has 2 heterocycles. The van der Waals surface area contributed by atoms with E-state index < -0.39 is 0 Å². The number of carbonyl (C=O) groups excluding carboxylic acids is 1. The van der Waals surface area contributed by atoms with Crippen molar-refractivity contribution in [1.29, 1.82) is 0 Å². The van der Waals surface area contributed by atoms with Gasteiger partial charge in [0.15, 0.2) is 0 Å². The Hall–Kier alpha value is -1.75. The van der Waals surface area contributed by atoms with Gasteiger partial charge in [-0.1, -0.05) is 6.92 Å². The van der Waals surface area contributed by atoms with E-state index in [4.69, 9.17) is 0 Å². The number of hydrogen-bond acceptors (Lipinski definition) is 3. The molecule has 0 bridgehead atoms. The fraction of sp³-hybridized carbons (Fsp3) is 0.444. The number of likely N-dealkylation sites (tertiary alicyclic amines) is 1. The van der Waals surface area contributed by atoms with Crippen LogP contribution < -0.4 is 0 Å². The number of rotatable bonds is 3. The average Bonchev–Trinajstić information content (AvgIpc) is 2.89. The second kappa shape index (κ2) is 6.79. The van der Waals surface area contributed by atoms with Gasteiger partial charge in [0, 0.05) is 23.5 Å². The Labute approximate surface area is 140 Å². The van der Waals surface area contributed by atoms with Crippen LogP contribution in [0.2, 0.25) is 0 Å². The van der Waals surface area contributed by atoms with Crippen molar-refractivity contribution in [3.05, 3.63) is 40.7 Å². The zero-order chi connectivity index (χ0) is 16.4. The van der Waals surface area contributed by atoms with Gasteiger partial charge < -0.3 is 4.90 Å². The number of carbonyl (C=O) groups is 1. The lowest BCUT2D eigenvalue weighted by molar-refractivity contribution is -0.131. The van der Waals surface area contributed by atoms with E-state index in [0.717, 1.165) is 47.1 Å². The molecule has 0 saturated carbocycles. The Bertz CT molecular complexity index is 688. The van der Waals surface area contributed by atoms with Crippen LogP contribution in [0, 0.1) is 18.7 Å². The Morgan fingerprint density at radius 2 is 1.96 bits per heavy atom. The van der Waals surface area contributed by atoms with E-state index in [9.17, 15) is 9.18 Å². The number of piperidine rings is 1. The van der Waals surface area contributed by atoms with Gasteiger partial charge in [-0.3, -0.25) is 4.79 Å². The van der Waals surface area contributed by atoms with Crippen LogP contribution in [0.4, 0.5) is 4.39 Å². The highest BCUT2D eigenvalue weighted by atomic mass is 32.1. The highest BCUT2D eigenvalue weighted by Gasteiger charge is 2.22. The molecule has 3 rings (SSSR count). The maximum Gasteiger partial charge on any atom is 0.227 e. The lowest BCUT2D eigenvalue weighted by atomic mass is 9.99. The monoisotopic (exact) mass is 332 g/mol. The van der Waals surface area contributed by atoms with Gasteiger partial charge in [0.1, 0.15) is 10.8 Å². The molecule has 2 aromatic rings. The Balaban J connectivity index is 1.71. The van der Waals surface area contributed by atoms with Gasteiger partial charge in [0.05, 0.1) is 12.1 Å². The summed E-state index contributed by atoms with van der Waals surface area (Å²) in [4.78, 5) is 20.0. The lowest BCUT2D eigenvalue weighted by Crippen LogP contribution is -2.38. The lowest BCUT2D eigenvalue weighted by Gasteiger charge is -2.30. The van der Waals surface area contributed by atoms with Crippen molar-refractivity contribution in [2.75, 3.05) is 13.1 Å². The van der Waals surface area contributed by atoms with Gasteiger partial charge in [-0.2, -0.15) is 0 Å². The molecule has 0 N–H and O–H groups in total. The van der Waals surface area contributed by atoms with Crippen LogP contribution >= 0.6 is 11.3 Å². The molecule has 3 nitrogen and oxygen atoms in total. The molecule has 0 spiro atoms. The number of nitrogens with zero attached hydrogens (tertiary/aromatic N) is 2. The third-order valence-corrected chi connectivity index (χ3v) is 5.64. The van der Waals surface area contributed by atoms with Crippen LogP contribution in [0.3, 0.4) is 0 Å². The molecule has 1 aromatic heterocycles. The molecule has 23 heavy (non-hydrogen) atoms. The van der Waals surface area contributed by atoms with E-state index in [-0.39, 0.29) is 11.7 Å². The summed E-state index contributed by atoms with van der Waals surface area (Å²) in [5, 5.41) is 0.845. The van der Waals surface area contributed by atoms with Gasteiger partial charge >= 0.3 is 0 Å². The standard InChI is InChI=1S/C18H21FN2OS/c1-12-7-9-21(10-8-12)17(22)11-16-13(2)20-18(23-16)14-3-5-15(19)6-4-14/h3-6,12H,7-11H2,1-2H3. The summed E-state index contributed by atoms with van der Waals surface area (Å²) in [5.74, 6) is 0.653. The van der Waals surface area contributed by atoms with Crippen molar-refractivity contribution >= 4 is 17.2 Å². The van der Waals surface area contributed by atoms with Gasteiger partial charge in [-0.25, -0.2) is 9.37 Å². The highest BCUT2D eigenvalue weighted by Crippen LogP contribution is 2.29. The van der Waals surface area contributed by atoms with Crippen molar-refractivity contribution in [3.63, 3.8) is 0 Å². The summed E-state index contributed by atoms with van der Waals surface area (Å²) in [6, 6.07) is 6.33. The quantitative estimate of drug-likeness (QED) is 0.849. The number of halogens is 1. The molecule has 1 aliphatic heterocycles. The first-order valence-electron chi connectivity index (χ1n) is 8.03. The SMILES string of the molecule is Cc1nc(-c2ccc(F)cc2)sc1CC(=O)N1CCC(C)CC1. The molecule has 5 heteroatoms. The number of aryl methyl sites for hydroxylation is 1. The third-order valence-electron chi connectivity index (χ3n) is 4.43. The molecule has 1 fully saturated rings. The molecule has 0 radical (unpaired) electrons. The van der Waals surface area contributed by atoms with Gasteiger partial charge in [-0.15, -0.1) is 11.3 Å².